The molecule has 3 N–H and O–H groups in total. The van der Waals surface area contributed by atoms with Gasteiger partial charge in [-0.2, -0.15) is 0 Å². The van der Waals surface area contributed by atoms with Crippen LogP contribution >= 0.6 is 0 Å². The summed E-state index contributed by atoms with van der Waals surface area (Å²) in [4.78, 5) is 2.01. The summed E-state index contributed by atoms with van der Waals surface area (Å²) in [6.07, 6.45) is -0.647. The number of sulfone groups is 1. The summed E-state index contributed by atoms with van der Waals surface area (Å²) in [7, 11) is -2.92. The van der Waals surface area contributed by atoms with Gasteiger partial charge in [0.25, 0.3) is 0 Å². The fourth-order valence-corrected chi connectivity index (χ4v) is 4.02. The molecule has 0 aromatic heterocycles. The molecule has 1 aromatic carbocycles. The second kappa shape index (κ2) is 5.48. The largest absolute Gasteiger partial charge is 0.399 e. The third kappa shape index (κ3) is 3.68. The van der Waals surface area contributed by atoms with Crippen LogP contribution in [0.2, 0.25) is 0 Å². The fraction of sp³-hybridized carbons (Fsp3) is 0.538. The molecular formula is C13H20N2O3S. The summed E-state index contributed by atoms with van der Waals surface area (Å²) in [6, 6.07) is 7.08. The Kier molecular flexibility index (Phi) is 4.13. The van der Waals surface area contributed by atoms with Crippen LogP contribution in [0.4, 0.5) is 5.69 Å². The summed E-state index contributed by atoms with van der Waals surface area (Å²) in [5.41, 5.74) is 7.07. The van der Waals surface area contributed by atoms with E-state index < -0.39 is 15.9 Å². The maximum absolute atomic E-state index is 11.5. The van der Waals surface area contributed by atoms with E-state index in [0.29, 0.717) is 18.8 Å². The van der Waals surface area contributed by atoms with Crippen molar-refractivity contribution >= 4 is 15.5 Å². The van der Waals surface area contributed by atoms with Gasteiger partial charge in [0.15, 0.2) is 9.84 Å². The zero-order valence-corrected chi connectivity index (χ0v) is 11.8. The van der Waals surface area contributed by atoms with Gasteiger partial charge in [-0.3, -0.25) is 4.90 Å². The Labute approximate surface area is 113 Å². The Hall–Kier alpha value is -1.11. The molecule has 0 radical (unpaired) electrons. The van der Waals surface area contributed by atoms with Crippen molar-refractivity contribution in [1.82, 2.24) is 4.90 Å². The highest BCUT2D eigenvalue weighted by molar-refractivity contribution is 7.91. The summed E-state index contributed by atoms with van der Waals surface area (Å²) in [5, 5.41) is 10.2. The summed E-state index contributed by atoms with van der Waals surface area (Å²) in [6.45, 7) is 2.78. The zero-order chi connectivity index (χ0) is 14.0. The number of benzene rings is 1. The first-order valence-electron chi connectivity index (χ1n) is 6.35. The number of β-amino-alcohol motifs (C(OH)–C–C–N with tert-alkyl or cyclic N) is 1. The van der Waals surface area contributed by atoms with E-state index in [9.17, 15) is 13.5 Å². The number of nitrogen functional groups attached to an aromatic ring is 1. The number of hydrogen-bond donors (Lipinski definition) is 2. The highest BCUT2D eigenvalue weighted by atomic mass is 32.2. The van der Waals surface area contributed by atoms with Gasteiger partial charge in [-0.25, -0.2) is 8.42 Å². The van der Waals surface area contributed by atoms with Gasteiger partial charge >= 0.3 is 0 Å². The third-order valence-corrected chi connectivity index (χ3v) is 5.31. The van der Waals surface area contributed by atoms with Gasteiger partial charge in [-0.1, -0.05) is 12.1 Å². The van der Waals surface area contributed by atoms with E-state index in [4.69, 9.17) is 5.73 Å². The molecule has 1 aliphatic heterocycles. The van der Waals surface area contributed by atoms with Crippen molar-refractivity contribution in [2.24, 2.45) is 0 Å². The molecule has 1 aromatic rings. The number of hydrogen-bond acceptors (Lipinski definition) is 5. The van der Waals surface area contributed by atoms with Crippen molar-refractivity contribution in [2.45, 2.75) is 19.1 Å². The van der Waals surface area contributed by atoms with E-state index in [0.717, 1.165) is 5.56 Å². The third-order valence-electron chi connectivity index (χ3n) is 3.51. The molecule has 5 nitrogen and oxygen atoms in total. The molecule has 1 heterocycles. The lowest BCUT2D eigenvalue weighted by Crippen LogP contribution is -2.48. The lowest BCUT2D eigenvalue weighted by atomic mass is 10.1. The lowest BCUT2D eigenvalue weighted by molar-refractivity contribution is 0.0975. The van der Waals surface area contributed by atoms with Gasteiger partial charge in [0.05, 0.1) is 17.6 Å². The Morgan fingerprint density at radius 1 is 1.53 bits per heavy atom. The van der Waals surface area contributed by atoms with Gasteiger partial charge in [0.2, 0.25) is 0 Å². The molecule has 0 spiro atoms. The van der Waals surface area contributed by atoms with E-state index >= 15 is 0 Å². The average Bonchev–Trinajstić information content (AvgIpc) is 2.32. The van der Waals surface area contributed by atoms with E-state index in [1.807, 2.05) is 17.9 Å². The van der Waals surface area contributed by atoms with E-state index in [1.54, 1.807) is 18.2 Å². The van der Waals surface area contributed by atoms with Crippen molar-refractivity contribution in [3.05, 3.63) is 29.8 Å². The minimum atomic E-state index is -2.92. The maximum atomic E-state index is 11.5. The first-order valence-corrected chi connectivity index (χ1v) is 8.17. The smallest absolute Gasteiger partial charge is 0.153 e. The molecule has 2 atom stereocenters. The second-order valence-corrected chi connectivity index (χ2v) is 7.37. The van der Waals surface area contributed by atoms with Crippen LogP contribution in [-0.2, 0) is 9.84 Å². The van der Waals surface area contributed by atoms with Crippen LogP contribution in [0.3, 0.4) is 0 Å². The molecule has 1 saturated heterocycles. The molecule has 0 saturated carbocycles. The number of aliphatic hydroxyl groups is 1. The van der Waals surface area contributed by atoms with Crippen LogP contribution in [-0.4, -0.2) is 49.1 Å². The van der Waals surface area contributed by atoms with Crippen LogP contribution in [0, 0.1) is 0 Å². The summed E-state index contributed by atoms with van der Waals surface area (Å²) < 4.78 is 23.0. The minimum Gasteiger partial charge on any atom is -0.399 e. The molecule has 2 unspecified atom stereocenters. The summed E-state index contributed by atoms with van der Waals surface area (Å²) >= 11 is 0. The molecule has 6 heteroatoms. The highest BCUT2D eigenvalue weighted by Crippen LogP contribution is 2.20. The molecule has 0 amide bonds. The van der Waals surface area contributed by atoms with Crippen molar-refractivity contribution in [3.63, 3.8) is 0 Å². The molecule has 106 valence electrons. The van der Waals surface area contributed by atoms with Crippen molar-refractivity contribution < 1.29 is 13.5 Å². The van der Waals surface area contributed by atoms with Crippen molar-refractivity contribution in [2.75, 3.05) is 30.3 Å². The van der Waals surface area contributed by atoms with Crippen molar-refractivity contribution in [1.29, 1.82) is 0 Å². The Morgan fingerprint density at radius 2 is 2.26 bits per heavy atom. The molecule has 0 aliphatic carbocycles. The van der Waals surface area contributed by atoms with Crippen LogP contribution in [0.5, 0.6) is 0 Å². The van der Waals surface area contributed by atoms with Gasteiger partial charge in [0, 0.05) is 24.8 Å². The van der Waals surface area contributed by atoms with Crippen LogP contribution in [0.1, 0.15) is 18.6 Å². The molecule has 2 rings (SSSR count). The number of nitrogens with two attached hydrogens (primary N) is 1. The van der Waals surface area contributed by atoms with Crippen LogP contribution < -0.4 is 5.73 Å². The highest BCUT2D eigenvalue weighted by Gasteiger charge is 2.29. The van der Waals surface area contributed by atoms with Gasteiger partial charge in [0.1, 0.15) is 0 Å². The SMILES string of the molecule is CC1CS(=O)(=O)CCN1CC(O)c1cccc(N)c1. The molecule has 0 bridgehead atoms. The molecular weight excluding hydrogens is 264 g/mol. The van der Waals surface area contributed by atoms with Crippen molar-refractivity contribution in [3.8, 4) is 0 Å². The molecule has 1 fully saturated rings. The molecule has 19 heavy (non-hydrogen) atoms. The Bertz CT molecular complexity index is 545. The number of nitrogens with zero attached hydrogens (tertiary/aromatic N) is 1. The van der Waals surface area contributed by atoms with Gasteiger partial charge in [-0.05, 0) is 24.6 Å². The first kappa shape index (κ1) is 14.3. The van der Waals surface area contributed by atoms with E-state index in [2.05, 4.69) is 0 Å². The fourth-order valence-electron chi connectivity index (χ4n) is 2.40. The standard InChI is InChI=1S/C13H20N2O3S/c1-10-9-19(17,18)6-5-15(10)8-13(16)11-3-2-4-12(14)7-11/h2-4,7,10,13,16H,5-6,8-9,14H2,1H3. The Balaban J connectivity index is 2.02. The average molecular weight is 284 g/mol. The van der Waals surface area contributed by atoms with Crippen LogP contribution in [0.25, 0.3) is 0 Å². The quantitative estimate of drug-likeness (QED) is 0.786. The predicted molar refractivity (Wildman–Crippen MR) is 75.5 cm³/mol. The van der Waals surface area contributed by atoms with Gasteiger partial charge < -0.3 is 10.8 Å². The topological polar surface area (TPSA) is 83.6 Å². The Morgan fingerprint density at radius 3 is 2.89 bits per heavy atom. The summed E-state index contributed by atoms with van der Waals surface area (Å²) in [5.74, 6) is 0.331. The monoisotopic (exact) mass is 284 g/mol. The number of aliphatic hydroxyl groups excluding tert-OH is 1. The lowest BCUT2D eigenvalue weighted by Gasteiger charge is -2.34. The van der Waals surface area contributed by atoms with Gasteiger partial charge in [-0.15, -0.1) is 0 Å². The second-order valence-electron chi connectivity index (χ2n) is 5.14. The normalized spacial score (nSPS) is 25.1. The number of rotatable bonds is 3. The zero-order valence-electron chi connectivity index (χ0n) is 11.0. The van der Waals surface area contributed by atoms with E-state index in [1.165, 1.54) is 0 Å². The first-order chi connectivity index (χ1) is 8.87. The number of anilines is 1. The minimum absolute atomic E-state index is 0.0607. The van der Waals surface area contributed by atoms with E-state index in [-0.39, 0.29) is 17.5 Å². The molecule has 1 aliphatic rings. The maximum Gasteiger partial charge on any atom is 0.153 e. The predicted octanol–water partition coefficient (Wildman–Crippen LogP) is 0.421. The van der Waals surface area contributed by atoms with Crippen LogP contribution in [0.15, 0.2) is 24.3 Å².